The van der Waals surface area contributed by atoms with Crippen molar-refractivity contribution in [2.24, 2.45) is 27.1 Å². The minimum Gasteiger partial charge on any atom is -0.462 e. The van der Waals surface area contributed by atoms with Crippen molar-refractivity contribution < 1.29 is 57.1 Å². The standard InChI is InChI=1S/C41H64O12/c1-23-20-26(49-25(3)42)21-41(16,17)27(23)19-18-24(2)48-32-31(53-36(46)40(13,14)15)30(52-35(45)39(10,11)12)29(51-34(44)38(7,8)9)28(50-32)22-47-33(43)37(4,5)6/h24,26,28-32H,20-22H2,1-17H3/t24-,26-,28-,29-,30+,31-,32-/m1/s1. The van der Waals surface area contributed by atoms with Crippen LogP contribution in [0.3, 0.4) is 0 Å². The molecule has 1 aliphatic heterocycles. The molecule has 0 unspecified atom stereocenters. The van der Waals surface area contributed by atoms with Crippen molar-refractivity contribution in [3.63, 3.8) is 0 Å². The van der Waals surface area contributed by atoms with Crippen LogP contribution >= 0.6 is 0 Å². The van der Waals surface area contributed by atoms with Crippen molar-refractivity contribution in [2.75, 3.05) is 6.61 Å². The van der Waals surface area contributed by atoms with E-state index in [0.717, 1.165) is 11.1 Å². The van der Waals surface area contributed by atoms with Gasteiger partial charge in [0.05, 0.1) is 21.7 Å². The van der Waals surface area contributed by atoms with E-state index in [0.29, 0.717) is 12.8 Å². The Morgan fingerprint density at radius 2 is 1.19 bits per heavy atom. The van der Waals surface area contributed by atoms with Crippen LogP contribution in [-0.4, -0.2) is 79.4 Å². The van der Waals surface area contributed by atoms with Gasteiger partial charge in [-0.1, -0.05) is 31.3 Å². The molecule has 7 atom stereocenters. The molecule has 12 nitrogen and oxygen atoms in total. The number of hydrogen-bond donors (Lipinski definition) is 0. The summed E-state index contributed by atoms with van der Waals surface area (Å²) in [6.45, 7) is 28.7. The molecule has 0 bridgehead atoms. The van der Waals surface area contributed by atoms with Crippen LogP contribution in [0.2, 0.25) is 0 Å². The Bertz CT molecular complexity index is 1460. The lowest BCUT2D eigenvalue weighted by Crippen LogP contribution is -2.64. The van der Waals surface area contributed by atoms with Gasteiger partial charge in [-0.15, -0.1) is 0 Å². The summed E-state index contributed by atoms with van der Waals surface area (Å²) < 4.78 is 42.1. The summed E-state index contributed by atoms with van der Waals surface area (Å²) in [6, 6.07) is 0. The van der Waals surface area contributed by atoms with E-state index in [1.165, 1.54) is 6.92 Å². The average molecular weight is 749 g/mol. The molecule has 0 aromatic rings. The number of ether oxygens (including phenoxy) is 7. The van der Waals surface area contributed by atoms with E-state index in [1.54, 1.807) is 90.0 Å². The second-order valence-electron chi connectivity index (χ2n) is 19.0. The first-order valence-electron chi connectivity index (χ1n) is 18.3. The smallest absolute Gasteiger partial charge is 0.311 e. The van der Waals surface area contributed by atoms with Crippen LogP contribution in [-0.2, 0) is 57.1 Å². The monoisotopic (exact) mass is 748 g/mol. The molecule has 0 aromatic heterocycles. The average Bonchev–Trinajstić information content (AvgIpc) is 2.95. The van der Waals surface area contributed by atoms with E-state index >= 15 is 0 Å². The van der Waals surface area contributed by atoms with E-state index in [4.69, 9.17) is 33.2 Å². The highest BCUT2D eigenvalue weighted by Crippen LogP contribution is 2.41. The van der Waals surface area contributed by atoms with Gasteiger partial charge in [-0.3, -0.25) is 24.0 Å². The summed E-state index contributed by atoms with van der Waals surface area (Å²) in [6.07, 6.45) is -6.81. The summed E-state index contributed by atoms with van der Waals surface area (Å²) >= 11 is 0. The van der Waals surface area contributed by atoms with E-state index in [2.05, 4.69) is 11.8 Å². The van der Waals surface area contributed by atoms with Gasteiger partial charge >= 0.3 is 29.8 Å². The number of carbonyl (C=O) groups excluding carboxylic acids is 5. The summed E-state index contributed by atoms with van der Waals surface area (Å²) in [4.78, 5) is 65.1. The van der Waals surface area contributed by atoms with Crippen LogP contribution in [0.5, 0.6) is 0 Å². The Hall–Kier alpha value is -3.43. The fourth-order valence-corrected chi connectivity index (χ4v) is 5.57. The molecule has 0 spiro atoms. The molecular formula is C41H64O12. The fraction of sp³-hybridized carbons (Fsp3) is 0.780. The zero-order valence-corrected chi connectivity index (χ0v) is 35.1. The molecule has 0 amide bonds. The largest absolute Gasteiger partial charge is 0.462 e. The Labute approximate surface area is 316 Å². The molecule has 2 aliphatic rings. The highest BCUT2D eigenvalue weighted by atomic mass is 16.7. The maximum atomic E-state index is 13.5. The summed E-state index contributed by atoms with van der Waals surface area (Å²) in [5.74, 6) is 3.56. The highest BCUT2D eigenvalue weighted by molar-refractivity contribution is 5.78. The summed E-state index contributed by atoms with van der Waals surface area (Å²) in [7, 11) is 0. The number of carbonyl (C=O) groups is 5. The van der Waals surface area contributed by atoms with Crippen molar-refractivity contribution in [1.29, 1.82) is 0 Å². The first-order chi connectivity index (χ1) is 23.8. The molecule has 0 saturated carbocycles. The third kappa shape index (κ3) is 13.1. The predicted molar refractivity (Wildman–Crippen MR) is 197 cm³/mol. The lowest BCUT2D eigenvalue weighted by molar-refractivity contribution is -0.315. The van der Waals surface area contributed by atoms with E-state index < -0.39 is 94.4 Å². The zero-order valence-electron chi connectivity index (χ0n) is 35.1. The second-order valence-corrected chi connectivity index (χ2v) is 19.0. The minimum atomic E-state index is -1.43. The zero-order chi connectivity index (χ0) is 41.1. The number of allylic oxidation sites excluding steroid dienone is 1. The minimum absolute atomic E-state index is 0.256. The van der Waals surface area contributed by atoms with E-state index in [9.17, 15) is 24.0 Å². The second kappa shape index (κ2) is 16.9. The van der Waals surface area contributed by atoms with Gasteiger partial charge in [0.25, 0.3) is 0 Å². The Morgan fingerprint density at radius 3 is 1.62 bits per heavy atom. The van der Waals surface area contributed by atoms with Crippen LogP contribution in [0.15, 0.2) is 11.1 Å². The van der Waals surface area contributed by atoms with Crippen LogP contribution in [0.4, 0.5) is 0 Å². The number of hydrogen-bond acceptors (Lipinski definition) is 12. The highest BCUT2D eigenvalue weighted by Gasteiger charge is 2.55. The lowest BCUT2D eigenvalue weighted by Gasteiger charge is -2.46. The molecule has 1 heterocycles. The number of esters is 5. The molecule has 1 fully saturated rings. The van der Waals surface area contributed by atoms with E-state index in [1.807, 2.05) is 20.8 Å². The van der Waals surface area contributed by atoms with Gasteiger partial charge in [0, 0.05) is 24.3 Å². The lowest BCUT2D eigenvalue weighted by atomic mass is 9.72. The van der Waals surface area contributed by atoms with Crippen LogP contribution in [0, 0.1) is 38.9 Å². The van der Waals surface area contributed by atoms with Gasteiger partial charge < -0.3 is 33.2 Å². The molecule has 2 rings (SSSR count). The molecule has 300 valence electrons. The predicted octanol–water partition coefficient (Wildman–Crippen LogP) is 6.65. The van der Waals surface area contributed by atoms with Crippen molar-refractivity contribution in [1.82, 2.24) is 0 Å². The van der Waals surface area contributed by atoms with Gasteiger partial charge in [0.1, 0.15) is 24.9 Å². The maximum Gasteiger partial charge on any atom is 0.311 e. The molecule has 0 N–H and O–H groups in total. The first-order valence-corrected chi connectivity index (χ1v) is 18.3. The molecule has 1 aliphatic carbocycles. The Kier molecular flexibility index (Phi) is 14.6. The van der Waals surface area contributed by atoms with E-state index in [-0.39, 0.29) is 12.1 Å². The number of rotatable bonds is 8. The van der Waals surface area contributed by atoms with Gasteiger partial charge in [-0.25, -0.2) is 0 Å². The van der Waals surface area contributed by atoms with Crippen LogP contribution in [0.1, 0.15) is 131 Å². The molecule has 12 heteroatoms. The van der Waals surface area contributed by atoms with Gasteiger partial charge in [-0.2, -0.15) is 0 Å². The van der Waals surface area contributed by atoms with Crippen molar-refractivity contribution in [3.8, 4) is 11.8 Å². The van der Waals surface area contributed by atoms with Crippen molar-refractivity contribution >= 4 is 29.8 Å². The summed E-state index contributed by atoms with van der Waals surface area (Å²) in [5.41, 5.74) is -2.39. The summed E-state index contributed by atoms with van der Waals surface area (Å²) in [5, 5.41) is 0. The Balaban J connectivity index is 2.70. The molecular weight excluding hydrogens is 684 g/mol. The third-order valence-corrected chi connectivity index (χ3v) is 8.60. The normalized spacial score (nSPS) is 25.6. The van der Waals surface area contributed by atoms with Crippen molar-refractivity contribution in [3.05, 3.63) is 11.1 Å². The van der Waals surface area contributed by atoms with Crippen LogP contribution in [0.25, 0.3) is 0 Å². The third-order valence-electron chi connectivity index (χ3n) is 8.60. The van der Waals surface area contributed by atoms with Gasteiger partial charge in [0.2, 0.25) is 6.29 Å². The molecule has 53 heavy (non-hydrogen) atoms. The topological polar surface area (TPSA) is 150 Å². The van der Waals surface area contributed by atoms with Crippen molar-refractivity contribution in [2.45, 2.75) is 173 Å². The quantitative estimate of drug-likeness (QED) is 0.149. The fourth-order valence-electron chi connectivity index (χ4n) is 5.57. The molecule has 0 aromatic carbocycles. The van der Waals surface area contributed by atoms with Gasteiger partial charge in [-0.05, 0) is 103 Å². The first kappa shape index (κ1) is 45.7. The Morgan fingerprint density at radius 1 is 0.736 bits per heavy atom. The molecule has 0 radical (unpaired) electrons. The van der Waals surface area contributed by atoms with Crippen LogP contribution < -0.4 is 0 Å². The molecule has 1 saturated heterocycles. The maximum absolute atomic E-state index is 13.5. The SMILES string of the molecule is CC(=O)O[C@@H]1CC(C)=C(C#C[C@@H](C)O[C@@H]2O[C@H](COC(=O)C(C)(C)C)[C@@H](OC(=O)C(C)(C)C)[C@H](OC(=O)C(C)(C)C)[C@H]2OC(=O)C(C)(C)C)C(C)(C)C1. The van der Waals surface area contributed by atoms with Gasteiger partial charge in [0.15, 0.2) is 18.3 Å².